The third kappa shape index (κ3) is 1.97. The number of hydrogen-bond acceptors (Lipinski definition) is 2. The van der Waals surface area contributed by atoms with Crippen LogP contribution in [0.2, 0.25) is 5.02 Å². The van der Waals surface area contributed by atoms with Crippen molar-refractivity contribution >= 4 is 22.9 Å². The lowest BCUT2D eigenvalue weighted by molar-refractivity contribution is 0.396. The molecule has 1 aliphatic carbocycles. The fourth-order valence-corrected chi connectivity index (χ4v) is 3.78. The summed E-state index contributed by atoms with van der Waals surface area (Å²) in [6, 6.07) is 2.48. The quantitative estimate of drug-likeness (QED) is 0.830. The van der Waals surface area contributed by atoms with E-state index in [2.05, 4.69) is 10.7 Å². The Balaban J connectivity index is 2.16. The minimum Gasteiger partial charge on any atom is -0.312 e. The Morgan fingerprint density at radius 1 is 1.50 bits per heavy atom. The highest BCUT2D eigenvalue weighted by molar-refractivity contribution is 7.10. The highest BCUT2D eigenvalue weighted by atomic mass is 35.5. The molecule has 0 radical (unpaired) electrons. The fraction of sp³-hybridized carbons (Fsp3) is 0.636. The molecule has 3 heteroatoms. The van der Waals surface area contributed by atoms with E-state index in [1.54, 1.807) is 11.3 Å². The van der Waals surface area contributed by atoms with Crippen molar-refractivity contribution in [2.24, 2.45) is 5.92 Å². The highest BCUT2D eigenvalue weighted by Crippen LogP contribution is 2.40. The predicted octanol–water partition coefficient (Wildman–Crippen LogP) is 3.85. The van der Waals surface area contributed by atoms with E-state index < -0.39 is 0 Å². The maximum absolute atomic E-state index is 6.16. The van der Waals surface area contributed by atoms with Crippen LogP contribution in [-0.2, 0) is 0 Å². The van der Waals surface area contributed by atoms with Crippen LogP contribution in [0.25, 0.3) is 0 Å². The number of hydrogen-bond donors (Lipinski definition) is 1. The average molecular weight is 230 g/mol. The van der Waals surface area contributed by atoms with Crippen molar-refractivity contribution in [3.63, 3.8) is 0 Å². The Labute approximate surface area is 94.5 Å². The van der Waals surface area contributed by atoms with Gasteiger partial charge in [0.05, 0.1) is 5.02 Å². The second-order valence-electron chi connectivity index (χ2n) is 3.94. The van der Waals surface area contributed by atoms with E-state index in [1.807, 2.05) is 13.1 Å². The van der Waals surface area contributed by atoms with Gasteiger partial charge in [0.15, 0.2) is 0 Å². The summed E-state index contributed by atoms with van der Waals surface area (Å²) >= 11 is 7.94. The minimum absolute atomic E-state index is 0.477. The minimum atomic E-state index is 0.477. The van der Waals surface area contributed by atoms with Gasteiger partial charge in [0, 0.05) is 10.9 Å². The molecule has 2 rings (SSSR count). The predicted molar refractivity (Wildman–Crippen MR) is 63.1 cm³/mol. The van der Waals surface area contributed by atoms with Crippen molar-refractivity contribution in [2.45, 2.75) is 31.7 Å². The molecule has 1 unspecified atom stereocenters. The van der Waals surface area contributed by atoms with Gasteiger partial charge in [-0.05, 0) is 37.3 Å². The van der Waals surface area contributed by atoms with Gasteiger partial charge in [0.1, 0.15) is 0 Å². The van der Waals surface area contributed by atoms with Crippen LogP contribution in [0.3, 0.4) is 0 Å². The average Bonchev–Trinajstić information content (AvgIpc) is 2.80. The van der Waals surface area contributed by atoms with E-state index in [4.69, 9.17) is 11.6 Å². The van der Waals surface area contributed by atoms with Crippen molar-refractivity contribution in [1.29, 1.82) is 0 Å². The van der Waals surface area contributed by atoms with E-state index in [-0.39, 0.29) is 0 Å². The topological polar surface area (TPSA) is 12.0 Å². The molecule has 1 saturated carbocycles. The number of halogens is 1. The normalized spacial score (nSPS) is 20.1. The zero-order chi connectivity index (χ0) is 9.97. The number of thiophene rings is 1. The first kappa shape index (κ1) is 10.5. The Hall–Kier alpha value is -0.0500. The largest absolute Gasteiger partial charge is 0.312 e. The molecular weight excluding hydrogens is 214 g/mol. The Kier molecular flexibility index (Phi) is 3.47. The molecule has 1 aromatic rings. The number of nitrogens with one attached hydrogen (secondary N) is 1. The van der Waals surface area contributed by atoms with Crippen LogP contribution in [0.4, 0.5) is 0 Å². The summed E-state index contributed by atoms with van der Waals surface area (Å²) in [7, 11) is 2.04. The molecule has 1 nitrogen and oxygen atoms in total. The van der Waals surface area contributed by atoms with E-state index in [0.29, 0.717) is 6.04 Å². The molecule has 1 fully saturated rings. The zero-order valence-corrected chi connectivity index (χ0v) is 10.00. The molecule has 0 spiro atoms. The molecule has 1 aromatic heterocycles. The second kappa shape index (κ2) is 4.65. The summed E-state index contributed by atoms with van der Waals surface area (Å²) in [5, 5.41) is 6.43. The van der Waals surface area contributed by atoms with E-state index in [9.17, 15) is 0 Å². The maximum Gasteiger partial charge on any atom is 0.0561 e. The first-order valence-electron chi connectivity index (χ1n) is 5.23. The van der Waals surface area contributed by atoms with Crippen molar-refractivity contribution in [2.75, 3.05) is 7.05 Å². The molecule has 0 amide bonds. The molecule has 0 saturated heterocycles. The highest BCUT2D eigenvalue weighted by Gasteiger charge is 2.27. The van der Waals surface area contributed by atoms with Crippen molar-refractivity contribution in [1.82, 2.24) is 5.32 Å². The molecular formula is C11H16ClNS. The van der Waals surface area contributed by atoms with Gasteiger partial charge >= 0.3 is 0 Å². The Bertz CT molecular complexity index is 291. The fourth-order valence-electron chi connectivity index (χ4n) is 2.40. The van der Waals surface area contributed by atoms with Gasteiger partial charge in [-0.1, -0.05) is 24.4 Å². The number of rotatable bonds is 3. The Morgan fingerprint density at radius 3 is 2.71 bits per heavy atom. The van der Waals surface area contributed by atoms with Gasteiger partial charge in [0.2, 0.25) is 0 Å². The van der Waals surface area contributed by atoms with Crippen LogP contribution in [0.1, 0.15) is 36.6 Å². The lowest BCUT2D eigenvalue weighted by Crippen LogP contribution is -2.22. The maximum atomic E-state index is 6.16. The SMILES string of the molecule is CNC(c1sccc1Cl)C1CCCC1. The summed E-state index contributed by atoms with van der Waals surface area (Å²) in [6.45, 7) is 0. The standard InChI is InChI=1S/C11H16ClNS/c1-13-10(8-4-2-3-5-8)11-9(12)6-7-14-11/h6-8,10,13H,2-5H2,1H3. The molecule has 0 aromatic carbocycles. The molecule has 0 bridgehead atoms. The van der Waals surface area contributed by atoms with E-state index >= 15 is 0 Å². The smallest absolute Gasteiger partial charge is 0.0561 e. The summed E-state index contributed by atoms with van der Waals surface area (Å²) in [6.07, 6.45) is 5.46. The van der Waals surface area contributed by atoms with Crippen LogP contribution in [0, 0.1) is 5.92 Å². The first-order valence-corrected chi connectivity index (χ1v) is 6.49. The van der Waals surface area contributed by atoms with Crippen LogP contribution < -0.4 is 5.32 Å². The van der Waals surface area contributed by atoms with Crippen LogP contribution in [0.15, 0.2) is 11.4 Å². The summed E-state index contributed by atoms with van der Waals surface area (Å²) in [5.74, 6) is 0.788. The Morgan fingerprint density at radius 2 is 2.21 bits per heavy atom. The van der Waals surface area contributed by atoms with Gasteiger partial charge in [-0.25, -0.2) is 0 Å². The van der Waals surface area contributed by atoms with Crippen molar-refractivity contribution in [3.8, 4) is 0 Å². The van der Waals surface area contributed by atoms with Gasteiger partial charge in [0.25, 0.3) is 0 Å². The van der Waals surface area contributed by atoms with E-state index in [1.165, 1.54) is 30.6 Å². The van der Waals surface area contributed by atoms with Gasteiger partial charge < -0.3 is 5.32 Å². The molecule has 78 valence electrons. The van der Waals surface area contributed by atoms with E-state index in [0.717, 1.165) is 10.9 Å². The second-order valence-corrected chi connectivity index (χ2v) is 5.30. The third-order valence-corrected chi connectivity index (χ3v) is 4.55. The summed E-state index contributed by atoms with van der Waals surface area (Å²) < 4.78 is 0. The summed E-state index contributed by atoms with van der Waals surface area (Å²) in [4.78, 5) is 1.32. The third-order valence-electron chi connectivity index (χ3n) is 3.11. The van der Waals surface area contributed by atoms with Gasteiger partial charge in [-0.15, -0.1) is 11.3 Å². The van der Waals surface area contributed by atoms with Crippen LogP contribution in [-0.4, -0.2) is 7.05 Å². The molecule has 1 heterocycles. The van der Waals surface area contributed by atoms with Crippen LogP contribution >= 0.6 is 22.9 Å². The lowest BCUT2D eigenvalue weighted by Gasteiger charge is -2.22. The summed E-state index contributed by atoms with van der Waals surface area (Å²) in [5.41, 5.74) is 0. The van der Waals surface area contributed by atoms with Crippen molar-refractivity contribution < 1.29 is 0 Å². The lowest BCUT2D eigenvalue weighted by atomic mass is 9.97. The molecule has 1 aliphatic rings. The molecule has 0 aliphatic heterocycles. The van der Waals surface area contributed by atoms with Gasteiger partial charge in [-0.2, -0.15) is 0 Å². The van der Waals surface area contributed by atoms with Crippen LogP contribution in [0.5, 0.6) is 0 Å². The molecule has 1 atom stereocenters. The molecule has 14 heavy (non-hydrogen) atoms. The monoisotopic (exact) mass is 229 g/mol. The van der Waals surface area contributed by atoms with Crippen molar-refractivity contribution in [3.05, 3.63) is 21.3 Å². The first-order chi connectivity index (χ1) is 6.83. The van der Waals surface area contributed by atoms with Gasteiger partial charge in [-0.3, -0.25) is 0 Å². The zero-order valence-electron chi connectivity index (χ0n) is 8.42. The molecule has 1 N–H and O–H groups in total.